The summed E-state index contributed by atoms with van der Waals surface area (Å²) < 4.78 is 1.91. The predicted molar refractivity (Wildman–Crippen MR) is 88.6 cm³/mol. The molecule has 2 fully saturated rings. The molecule has 0 saturated heterocycles. The standard InChI is InChI=1S/C19H23N3O/c23-19(18-11-14-6-7-15(18)10-14)20-12-16-4-1-2-5-17(16)13-22-9-3-8-21-22/h1-5,8-9,14-15,18H,6-7,10-13H2,(H,20,23). The lowest BCUT2D eigenvalue weighted by Crippen LogP contribution is -2.33. The topological polar surface area (TPSA) is 46.9 Å². The Hall–Kier alpha value is -2.10. The van der Waals surface area contributed by atoms with Gasteiger partial charge < -0.3 is 5.32 Å². The molecular formula is C19H23N3O. The van der Waals surface area contributed by atoms with Crippen LogP contribution in [-0.4, -0.2) is 15.7 Å². The molecule has 2 bridgehead atoms. The van der Waals surface area contributed by atoms with Crippen LogP contribution in [0, 0.1) is 17.8 Å². The maximum atomic E-state index is 12.5. The fourth-order valence-corrected chi connectivity index (χ4v) is 4.33. The van der Waals surface area contributed by atoms with Gasteiger partial charge in [0, 0.05) is 24.9 Å². The summed E-state index contributed by atoms with van der Waals surface area (Å²) in [4.78, 5) is 12.5. The first kappa shape index (κ1) is 14.5. The van der Waals surface area contributed by atoms with Crippen molar-refractivity contribution >= 4 is 5.91 Å². The molecular weight excluding hydrogens is 286 g/mol. The SMILES string of the molecule is O=C(NCc1ccccc1Cn1cccn1)C1CC2CCC1C2. The van der Waals surface area contributed by atoms with Gasteiger partial charge in [0.15, 0.2) is 0 Å². The zero-order valence-corrected chi connectivity index (χ0v) is 13.3. The lowest BCUT2D eigenvalue weighted by Gasteiger charge is -2.21. The van der Waals surface area contributed by atoms with Crippen molar-refractivity contribution in [2.45, 2.75) is 38.8 Å². The minimum Gasteiger partial charge on any atom is -0.352 e. The summed E-state index contributed by atoms with van der Waals surface area (Å²) in [5.41, 5.74) is 2.39. The Morgan fingerprint density at radius 1 is 1.17 bits per heavy atom. The van der Waals surface area contributed by atoms with Crippen molar-refractivity contribution < 1.29 is 4.79 Å². The maximum absolute atomic E-state index is 12.5. The number of carbonyl (C=O) groups excluding carboxylic acids is 1. The molecule has 2 saturated carbocycles. The predicted octanol–water partition coefficient (Wildman–Crippen LogP) is 2.98. The van der Waals surface area contributed by atoms with E-state index in [4.69, 9.17) is 0 Å². The second-order valence-electron chi connectivity index (χ2n) is 6.97. The van der Waals surface area contributed by atoms with Gasteiger partial charge in [0.2, 0.25) is 5.91 Å². The summed E-state index contributed by atoms with van der Waals surface area (Å²) in [5, 5.41) is 7.44. The van der Waals surface area contributed by atoms with E-state index in [0.29, 0.717) is 12.5 Å². The zero-order valence-electron chi connectivity index (χ0n) is 13.3. The first-order valence-electron chi connectivity index (χ1n) is 8.61. The van der Waals surface area contributed by atoms with Crippen molar-refractivity contribution in [2.24, 2.45) is 17.8 Å². The summed E-state index contributed by atoms with van der Waals surface area (Å²) >= 11 is 0. The van der Waals surface area contributed by atoms with Crippen LogP contribution in [0.3, 0.4) is 0 Å². The van der Waals surface area contributed by atoms with Crippen LogP contribution in [0.1, 0.15) is 36.8 Å². The van der Waals surface area contributed by atoms with Crippen molar-refractivity contribution in [2.75, 3.05) is 0 Å². The number of aromatic nitrogens is 2. The molecule has 2 aliphatic carbocycles. The Morgan fingerprint density at radius 2 is 2.04 bits per heavy atom. The summed E-state index contributed by atoms with van der Waals surface area (Å²) in [6.07, 6.45) is 8.71. The lowest BCUT2D eigenvalue weighted by molar-refractivity contribution is -0.126. The Bertz CT molecular complexity index is 680. The highest BCUT2D eigenvalue weighted by molar-refractivity contribution is 5.79. The third kappa shape index (κ3) is 3.03. The molecule has 1 aromatic heterocycles. The lowest BCUT2D eigenvalue weighted by atomic mass is 9.88. The average Bonchev–Trinajstić information content (AvgIpc) is 3.31. The van der Waals surface area contributed by atoms with Gasteiger partial charge in [0.25, 0.3) is 0 Å². The number of fused-ring (bicyclic) bond motifs is 2. The Labute approximate surface area is 136 Å². The van der Waals surface area contributed by atoms with Gasteiger partial charge in [0.05, 0.1) is 6.54 Å². The van der Waals surface area contributed by atoms with Crippen LogP contribution in [0.4, 0.5) is 0 Å². The van der Waals surface area contributed by atoms with Gasteiger partial charge in [-0.1, -0.05) is 30.7 Å². The Balaban J connectivity index is 1.40. The van der Waals surface area contributed by atoms with Gasteiger partial charge >= 0.3 is 0 Å². The second-order valence-corrected chi connectivity index (χ2v) is 6.97. The second kappa shape index (κ2) is 6.19. The van der Waals surface area contributed by atoms with Crippen LogP contribution < -0.4 is 5.32 Å². The summed E-state index contributed by atoms with van der Waals surface area (Å²) in [6, 6.07) is 10.2. The zero-order chi connectivity index (χ0) is 15.6. The highest BCUT2D eigenvalue weighted by Gasteiger charge is 2.42. The molecule has 2 aromatic rings. The molecule has 4 rings (SSSR count). The van der Waals surface area contributed by atoms with E-state index in [1.54, 1.807) is 6.20 Å². The monoisotopic (exact) mass is 309 g/mol. The molecule has 2 aliphatic rings. The molecule has 1 amide bonds. The molecule has 3 atom stereocenters. The van der Waals surface area contributed by atoms with Crippen LogP contribution in [0.2, 0.25) is 0 Å². The smallest absolute Gasteiger partial charge is 0.223 e. The van der Waals surface area contributed by atoms with Gasteiger partial charge in [-0.15, -0.1) is 0 Å². The first-order valence-corrected chi connectivity index (χ1v) is 8.61. The first-order chi connectivity index (χ1) is 11.3. The molecule has 3 unspecified atom stereocenters. The number of nitrogens with one attached hydrogen (secondary N) is 1. The third-order valence-electron chi connectivity index (χ3n) is 5.54. The van der Waals surface area contributed by atoms with Crippen molar-refractivity contribution in [3.63, 3.8) is 0 Å². The van der Waals surface area contributed by atoms with E-state index in [0.717, 1.165) is 18.9 Å². The van der Waals surface area contributed by atoms with Crippen molar-refractivity contribution in [1.29, 1.82) is 0 Å². The molecule has 4 heteroatoms. The maximum Gasteiger partial charge on any atom is 0.223 e. The van der Waals surface area contributed by atoms with E-state index in [-0.39, 0.29) is 11.8 Å². The van der Waals surface area contributed by atoms with Crippen LogP contribution >= 0.6 is 0 Å². The highest BCUT2D eigenvalue weighted by atomic mass is 16.1. The van der Waals surface area contributed by atoms with Gasteiger partial charge in [-0.2, -0.15) is 5.10 Å². The summed E-state index contributed by atoms with van der Waals surface area (Å²) in [6.45, 7) is 1.36. The molecule has 0 radical (unpaired) electrons. The number of hydrogen-bond acceptors (Lipinski definition) is 2. The molecule has 1 aromatic carbocycles. The molecule has 0 aliphatic heterocycles. The molecule has 4 nitrogen and oxygen atoms in total. The van der Waals surface area contributed by atoms with Crippen molar-refractivity contribution in [3.8, 4) is 0 Å². The fraction of sp³-hybridized carbons (Fsp3) is 0.474. The van der Waals surface area contributed by atoms with Crippen LogP contribution in [0.15, 0.2) is 42.7 Å². The molecule has 23 heavy (non-hydrogen) atoms. The minimum absolute atomic E-state index is 0.256. The van der Waals surface area contributed by atoms with E-state index in [1.165, 1.54) is 30.4 Å². The third-order valence-corrected chi connectivity index (χ3v) is 5.54. The number of benzene rings is 1. The quantitative estimate of drug-likeness (QED) is 0.923. The van der Waals surface area contributed by atoms with E-state index in [9.17, 15) is 4.79 Å². The Morgan fingerprint density at radius 3 is 2.74 bits per heavy atom. The average molecular weight is 309 g/mol. The number of carbonyl (C=O) groups is 1. The van der Waals surface area contributed by atoms with Crippen molar-refractivity contribution in [1.82, 2.24) is 15.1 Å². The van der Waals surface area contributed by atoms with Crippen LogP contribution in [0.25, 0.3) is 0 Å². The number of rotatable bonds is 5. The normalized spacial score (nSPS) is 25.7. The summed E-state index contributed by atoms with van der Waals surface area (Å²) in [5.74, 6) is 1.96. The minimum atomic E-state index is 0.256. The molecule has 1 heterocycles. The number of nitrogens with zero attached hydrogens (tertiary/aromatic N) is 2. The van der Waals surface area contributed by atoms with E-state index < -0.39 is 0 Å². The number of hydrogen-bond donors (Lipinski definition) is 1. The molecule has 120 valence electrons. The van der Waals surface area contributed by atoms with Gasteiger partial charge in [-0.3, -0.25) is 9.48 Å². The van der Waals surface area contributed by atoms with Crippen LogP contribution in [0.5, 0.6) is 0 Å². The van der Waals surface area contributed by atoms with E-state index >= 15 is 0 Å². The molecule has 1 N–H and O–H groups in total. The largest absolute Gasteiger partial charge is 0.352 e. The molecule has 0 spiro atoms. The Kier molecular flexibility index (Phi) is 3.90. The van der Waals surface area contributed by atoms with Gasteiger partial charge in [0.1, 0.15) is 0 Å². The van der Waals surface area contributed by atoms with Crippen LogP contribution in [-0.2, 0) is 17.9 Å². The summed E-state index contributed by atoms with van der Waals surface area (Å²) in [7, 11) is 0. The number of amides is 1. The van der Waals surface area contributed by atoms with E-state index in [2.05, 4.69) is 22.5 Å². The van der Waals surface area contributed by atoms with Crippen molar-refractivity contribution in [3.05, 3.63) is 53.9 Å². The highest BCUT2D eigenvalue weighted by Crippen LogP contribution is 2.48. The fourth-order valence-electron chi connectivity index (χ4n) is 4.33. The van der Waals surface area contributed by atoms with Gasteiger partial charge in [-0.25, -0.2) is 0 Å². The van der Waals surface area contributed by atoms with E-state index in [1.807, 2.05) is 29.1 Å². The van der Waals surface area contributed by atoms with Gasteiger partial charge in [-0.05, 0) is 48.3 Å².